The average Bonchev–Trinajstić information content (AvgIpc) is 2.38. The molecular weight excluding hydrogens is 216 g/mol. The third-order valence-corrected chi connectivity index (χ3v) is 2.62. The molecule has 0 heterocycles. The predicted molar refractivity (Wildman–Crippen MR) is 68.0 cm³/mol. The van der Waals surface area contributed by atoms with Crippen LogP contribution in [0.1, 0.15) is 30.9 Å². The Morgan fingerprint density at radius 3 is 2.53 bits per heavy atom. The molecule has 17 heavy (non-hydrogen) atoms. The number of methoxy groups -OCH3 is 1. The third-order valence-electron chi connectivity index (χ3n) is 2.62. The number of rotatable bonds is 7. The molecule has 0 aliphatic rings. The van der Waals surface area contributed by atoms with Gasteiger partial charge in [-0.3, -0.25) is 0 Å². The highest BCUT2D eigenvalue weighted by molar-refractivity contribution is 5.28. The highest BCUT2D eigenvalue weighted by atomic mass is 16.5. The maximum Gasteiger partial charge on any atom is 0.118 e. The van der Waals surface area contributed by atoms with Crippen LogP contribution in [0.3, 0.4) is 0 Å². The lowest BCUT2D eigenvalue weighted by Crippen LogP contribution is -1.97. The largest absolute Gasteiger partial charge is 0.497 e. The van der Waals surface area contributed by atoms with Gasteiger partial charge in [0.2, 0.25) is 0 Å². The van der Waals surface area contributed by atoms with Crippen LogP contribution in [0.5, 0.6) is 5.75 Å². The highest BCUT2D eigenvalue weighted by Crippen LogP contribution is 2.21. The molecule has 2 N–H and O–H groups in total. The summed E-state index contributed by atoms with van der Waals surface area (Å²) < 4.78 is 5.06. The Balaban J connectivity index is 2.35. The van der Waals surface area contributed by atoms with Crippen LogP contribution in [0.15, 0.2) is 36.4 Å². The first-order valence-corrected chi connectivity index (χ1v) is 5.85. The zero-order valence-electron chi connectivity index (χ0n) is 10.2. The van der Waals surface area contributed by atoms with Gasteiger partial charge >= 0.3 is 0 Å². The van der Waals surface area contributed by atoms with Gasteiger partial charge in [0.05, 0.1) is 19.8 Å². The topological polar surface area (TPSA) is 49.7 Å². The number of hydrogen-bond acceptors (Lipinski definition) is 3. The van der Waals surface area contributed by atoms with Gasteiger partial charge in [-0.1, -0.05) is 24.3 Å². The van der Waals surface area contributed by atoms with Crippen molar-refractivity contribution in [2.75, 3.05) is 13.7 Å². The molecule has 3 nitrogen and oxygen atoms in total. The van der Waals surface area contributed by atoms with Crippen molar-refractivity contribution in [3.05, 3.63) is 42.0 Å². The molecule has 1 atom stereocenters. The second-order valence-corrected chi connectivity index (χ2v) is 3.87. The number of aliphatic hydroxyl groups excluding tert-OH is 2. The Labute approximate surface area is 102 Å². The summed E-state index contributed by atoms with van der Waals surface area (Å²) in [4.78, 5) is 0. The molecule has 0 aromatic heterocycles. The number of aliphatic hydroxyl groups is 2. The Hall–Kier alpha value is -1.32. The number of hydrogen-bond donors (Lipinski definition) is 2. The fourth-order valence-corrected chi connectivity index (χ4v) is 1.61. The van der Waals surface area contributed by atoms with Crippen molar-refractivity contribution < 1.29 is 14.9 Å². The second kappa shape index (κ2) is 7.87. The van der Waals surface area contributed by atoms with Crippen molar-refractivity contribution >= 4 is 0 Å². The Kier molecular flexibility index (Phi) is 6.37. The molecule has 1 rings (SSSR count). The van der Waals surface area contributed by atoms with E-state index in [4.69, 9.17) is 9.84 Å². The summed E-state index contributed by atoms with van der Waals surface area (Å²) in [6.07, 6.45) is 5.74. The zero-order chi connectivity index (χ0) is 12.5. The van der Waals surface area contributed by atoms with Gasteiger partial charge in [-0.2, -0.15) is 0 Å². The van der Waals surface area contributed by atoms with Crippen molar-refractivity contribution in [3.63, 3.8) is 0 Å². The Morgan fingerprint density at radius 2 is 1.94 bits per heavy atom. The Bertz CT molecular complexity index is 330. The van der Waals surface area contributed by atoms with Crippen LogP contribution < -0.4 is 4.74 Å². The Morgan fingerprint density at radius 1 is 1.24 bits per heavy atom. The molecule has 0 radical (unpaired) electrons. The first kappa shape index (κ1) is 13.7. The standard InChI is InChI=1S/C14H20O3/c1-17-13-9-7-12(8-10-13)14(16)6-4-2-3-5-11-15/h3,5,7-10,14-16H,2,4,6,11H2,1H3/b5-3+. The number of unbranched alkanes of at least 4 members (excludes halogenated alkanes) is 1. The molecule has 1 aromatic rings. The van der Waals surface area contributed by atoms with E-state index in [1.165, 1.54) is 0 Å². The summed E-state index contributed by atoms with van der Waals surface area (Å²) >= 11 is 0. The minimum absolute atomic E-state index is 0.0844. The fraction of sp³-hybridized carbons (Fsp3) is 0.429. The number of benzene rings is 1. The minimum Gasteiger partial charge on any atom is -0.497 e. The first-order valence-electron chi connectivity index (χ1n) is 5.85. The van der Waals surface area contributed by atoms with Crippen molar-refractivity contribution in [1.82, 2.24) is 0 Å². The van der Waals surface area contributed by atoms with Gasteiger partial charge in [0.15, 0.2) is 0 Å². The molecule has 94 valence electrons. The van der Waals surface area contributed by atoms with E-state index in [1.54, 1.807) is 13.2 Å². The third kappa shape index (κ3) is 5.02. The molecule has 0 aliphatic carbocycles. The monoisotopic (exact) mass is 236 g/mol. The molecule has 0 amide bonds. The summed E-state index contributed by atoms with van der Waals surface area (Å²) in [5.41, 5.74) is 0.914. The normalized spacial score (nSPS) is 12.9. The molecular formula is C14H20O3. The van der Waals surface area contributed by atoms with Gasteiger partial charge in [0, 0.05) is 0 Å². The van der Waals surface area contributed by atoms with E-state index in [0.29, 0.717) is 0 Å². The molecule has 0 bridgehead atoms. The molecule has 1 aromatic carbocycles. The van der Waals surface area contributed by atoms with Crippen LogP contribution >= 0.6 is 0 Å². The lowest BCUT2D eigenvalue weighted by atomic mass is 10.0. The number of allylic oxidation sites excluding steroid dienone is 1. The van der Waals surface area contributed by atoms with E-state index >= 15 is 0 Å². The van der Waals surface area contributed by atoms with E-state index < -0.39 is 6.10 Å². The molecule has 0 aliphatic heterocycles. The smallest absolute Gasteiger partial charge is 0.118 e. The lowest BCUT2D eigenvalue weighted by molar-refractivity contribution is 0.165. The van der Waals surface area contributed by atoms with Crippen molar-refractivity contribution in [2.24, 2.45) is 0 Å². The van der Waals surface area contributed by atoms with Crippen LogP contribution in [0, 0.1) is 0 Å². The second-order valence-electron chi connectivity index (χ2n) is 3.87. The lowest BCUT2D eigenvalue weighted by Gasteiger charge is -2.10. The SMILES string of the molecule is COc1ccc(C(O)CCC/C=C/CO)cc1. The molecule has 1 unspecified atom stereocenters. The molecule has 3 heteroatoms. The van der Waals surface area contributed by atoms with Crippen molar-refractivity contribution in [1.29, 1.82) is 0 Å². The summed E-state index contributed by atoms with van der Waals surface area (Å²) in [6, 6.07) is 7.47. The molecule has 0 spiro atoms. The first-order chi connectivity index (χ1) is 8.27. The van der Waals surface area contributed by atoms with Crippen molar-refractivity contribution in [2.45, 2.75) is 25.4 Å². The summed E-state index contributed by atoms with van der Waals surface area (Å²) in [5, 5.41) is 18.5. The fourth-order valence-electron chi connectivity index (χ4n) is 1.61. The maximum atomic E-state index is 9.93. The molecule has 0 saturated heterocycles. The summed E-state index contributed by atoms with van der Waals surface area (Å²) in [7, 11) is 1.62. The van der Waals surface area contributed by atoms with Crippen LogP contribution in [-0.4, -0.2) is 23.9 Å². The van der Waals surface area contributed by atoms with Crippen LogP contribution in [0.2, 0.25) is 0 Å². The predicted octanol–water partition coefficient (Wildman–Crippen LogP) is 2.45. The van der Waals surface area contributed by atoms with Gasteiger partial charge < -0.3 is 14.9 Å². The summed E-state index contributed by atoms with van der Waals surface area (Å²) in [6.45, 7) is 0.0844. The van der Waals surface area contributed by atoms with Crippen molar-refractivity contribution in [3.8, 4) is 5.75 Å². The van der Waals surface area contributed by atoms with Crippen LogP contribution in [-0.2, 0) is 0 Å². The van der Waals surface area contributed by atoms with Crippen LogP contribution in [0.25, 0.3) is 0 Å². The zero-order valence-corrected chi connectivity index (χ0v) is 10.2. The van der Waals surface area contributed by atoms with E-state index in [1.807, 2.05) is 30.3 Å². The maximum absolute atomic E-state index is 9.93. The molecule has 0 fully saturated rings. The highest BCUT2D eigenvalue weighted by Gasteiger charge is 2.06. The van der Waals surface area contributed by atoms with Gasteiger partial charge in [-0.25, -0.2) is 0 Å². The van der Waals surface area contributed by atoms with Gasteiger partial charge in [-0.05, 0) is 37.0 Å². The minimum atomic E-state index is -0.427. The van der Waals surface area contributed by atoms with Gasteiger partial charge in [0.1, 0.15) is 5.75 Å². The summed E-state index contributed by atoms with van der Waals surface area (Å²) in [5.74, 6) is 0.798. The van der Waals surface area contributed by atoms with Gasteiger partial charge in [-0.15, -0.1) is 0 Å². The average molecular weight is 236 g/mol. The van der Waals surface area contributed by atoms with E-state index in [0.717, 1.165) is 30.6 Å². The van der Waals surface area contributed by atoms with E-state index in [-0.39, 0.29) is 6.61 Å². The molecule has 0 saturated carbocycles. The quantitative estimate of drug-likeness (QED) is 0.564. The van der Waals surface area contributed by atoms with E-state index in [2.05, 4.69) is 0 Å². The van der Waals surface area contributed by atoms with E-state index in [9.17, 15) is 5.11 Å². The van der Waals surface area contributed by atoms with Crippen LogP contribution in [0.4, 0.5) is 0 Å². The van der Waals surface area contributed by atoms with Gasteiger partial charge in [0.25, 0.3) is 0 Å². The number of ether oxygens (including phenoxy) is 1.